The number of ether oxygens (including phenoxy) is 2. The van der Waals surface area contributed by atoms with E-state index in [1.165, 1.54) is 5.01 Å². The second kappa shape index (κ2) is 8.53. The van der Waals surface area contributed by atoms with Crippen molar-refractivity contribution in [1.82, 2.24) is 5.01 Å². The lowest BCUT2D eigenvalue weighted by Crippen LogP contribution is -2.31. The van der Waals surface area contributed by atoms with Crippen molar-refractivity contribution in [1.29, 1.82) is 5.26 Å². The summed E-state index contributed by atoms with van der Waals surface area (Å²) in [5, 5.41) is 15.1. The lowest BCUT2D eigenvalue weighted by Gasteiger charge is -2.20. The quantitative estimate of drug-likeness (QED) is 0.625. The van der Waals surface area contributed by atoms with Crippen LogP contribution in [0.2, 0.25) is 0 Å². The van der Waals surface area contributed by atoms with E-state index in [1.807, 2.05) is 30.3 Å². The molecule has 3 aromatic rings. The molecule has 0 bridgehead atoms. The number of rotatable bonds is 6. The highest BCUT2D eigenvalue weighted by atomic mass is 16.5. The van der Waals surface area contributed by atoms with Crippen molar-refractivity contribution in [3.05, 3.63) is 83.8 Å². The van der Waals surface area contributed by atoms with Crippen LogP contribution in [0.4, 0.5) is 0 Å². The number of benzene rings is 2. The van der Waals surface area contributed by atoms with Crippen molar-refractivity contribution >= 4 is 11.6 Å². The van der Waals surface area contributed by atoms with Crippen LogP contribution in [0.15, 0.2) is 76.4 Å². The minimum absolute atomic E-state index is 0.241. The zero-order valence-corrected chi connectivity index (χ0v) is 16.3. The summed E-state index contributed by atoms with van der Waals surface area (Å²) in [5.74, 6) is 1.43. The van der Waals surface area contributed by atoms with Crippen LogP contribution in [-0.4, -0.2) is 30.3 Å². The first kappa shape index (κ1) is 19.3. The average Bonchev–Trinajstić information content (AvgIpc) is 3.47. The van der Waals surface area contributed by atoms with Crippen molar-refractivity contribution < 1.29 is 18.7 Å². The molecule has 150 valence electrons. The first-order valence-electron chi connectivity index (χ1n) is 9.39. The van der Waals surface area contributed by atoms with Crippen molar-refractivity contribution in [2.45, 2.75) is 12.5 Å². The summed E-state index contributed by atoms with van der Waals surface area (Å²) in [7, 11) is 1.61. The Hall–Kier alpha value is -4.05. The van der Waals surface area contributed by atoms with Crippen molar-refractivity contribution in [2.75, 3.05) is 13.7 Å². The summed E-state index contributed by atoms with van der Waals surface area (Å²) >= 11 is 0. The Morgan fingerprint density at radius 2 is 2.00 bits per heavy atom. The summed E-state index contributed by atoms with van der Waals surface area (Å²) in [5.41, 5.74) is 2.04. The highest BCUT2D eigenvalue weighted by Gasteiger charge is 2.35. The van der Waals surface area contributed by atoms with Crippen molar-refractivity contribution in [2.24, 2.45) is 5.10 Å². The molecule has 0 radical (unpaired) electrons. The van der Waals surface area contributed by atoms with Gasteiger partial charge in [0.1, 0.15) is 29.4 Å². The standard InChI is InChI=1S/C23H19N3O4/c1-28-18-10-8-16(9-11-18)19-13-20(22-7-4-12-29-22)26(25-19)23(27)15-30-21-6-3-2-5-17(21)14-24/h2-12,20H,13,15H2,1H3/t20-/m0/s1. The lowest BCUT2D eigenvalue weighted by atomic mass is 10.0. The molecule has 0 N–H and O–H groups in total. The molecular formula is C23H19N3O4. The number of nitriles is 1. The van der Waals surface area contributed by atoms with Gasteiger partial charge in [0.25, 0.3) is 5.91 Å². The fourth-order valence-electron chi connectivity index (χ4n) is 3.29. The molecule has 2 aromatic carbocycles. The molecular weight excluding hydrogens is 382 g/mol. The molecule has 0 unspecified atom stereocenters. The molecule has 1 amide bonds. The van der Waals surface area contributed by atoms with E-state index < -0.39 is 0 Å². The fraction of sp³-hybridized carbons (Fsp3) is 0.174. The Morgan fingerprint density at radius 1 is 1.20 bits per heavy atom. The molecule has 1 aromatic heterocycles. The Morgan fingerprint density at radius 3 is 2.70 bits per heavy atom. The van der Waals surface area contributed by atoms with E-state index in [1.54, 1.807) is 43.7 Å². The molecule has 7 nitrogen and oxygen atoms in total. The van der Waals surface area contributed by atoms with E-state index >= 15 is 0 Å². The van der Waals surface area contributed by atoms with Gasteiger partial charge >= 0.3 is 0 Å². The average molecular weight is 401 g/mol. The molecule has 0 fully saturated rings. The number of nitrogens with zero attached hydrogens (tertiary/aromatic N) is 3. The van der Waals surface area contributed by atoms with Gasteiger partial charge in [0, 0.05) is 6.42 Å². The van der Waals surface area contributed by atoms with E-state index in [2.05, 4.69) is 11.2 Å². The molecule has 2 heterocycles. The molecule has 0 spiro atoms. The van der Waals surface area contributed by atoms with E-state index in [9.17, 15) is 10.1 Å². The van der Waals surface area contributed by atoms with E-state index in [4.69, 9.17) is 13.9 Å². The van der Waals surface area contributed by atoms with Crippen molar-refractivity contribution in [3.63, 3.8) is 0 Å². The number of amides is 1. The van der Waals surface area contributed by atoms with Crippen LogP contribution in [0.25, 0.3) is 0 Å². The summed E-state index contributed by atoms with van der Waals surface area (Å²) in [6.07, 6.45) is 2.09. The maximum atomic E-state index is 13.0. The number of furan rings is 1. The van der Waals surface area contributed by atoms with Gasteiger partial charge in [-0.25, -0.2) is 5.01 Å². The predicted molar refractivity (Wildman–Crippen MR) is 109 cm³/mol. The minimum atomic E-state index is -0.362. The summed E-state index contributed by atoms with van der Waals surface area (Å²) in [4.78, 5) is 13.0. The number of para-hydroxylation sites is 1. The topological polar surface area (TPSA) is 88.1 Å². The molecule has 0 saturated heterocycles. The van der Waals surface area contributed by atoms with Gasteiger partial charge < -0.3 is 13.9 Å². The number of hydrazone groups is 1. The first-order valence-corrected chi connectivity index (χ1v) is 9.39. The summed E-state index contributed by atoms with van der Waals surface area (Å²) in [6.45, 7) is -0.241. The van der Waals surface area contributed by atoms with Crippen LogP contribution in [0.5, 0.6) is 11.5 Å². The highest BCUT2D eigenvalue weighted by Crippen LogP contribution is 2.33. The number of hydrogen-bond donors (Lipinski definition) is 0. The van der Waals surface area contributed by atoms with Gasteiger partial charge in [-0.3, -0.25) is 4.79 Å². The maximum absolute atomic E-state index is 13.0. The van der Waals surface area contributed by atoms with Gasteiger partial charge in [-0.2, -0.15) is 10.4 Å². The zero-order chi connectivity index (χ0) is 20.9. The van der Waals surface area contributed by atoms with Crippen LogP contribution in [0.1, 0.15) is 29.3 Å². The van der Waals surface area contributed by atoms with Crippen LogP contribution in [-0.2, 0) is 4.79 Å². The molecule has 1 aliphatic heterocycles. The molecule has 30 heavy (non-hydrogen) atoms. The summed E-state index contributed by atoms with van der Waals surface area (Å²) < 4.78 is 16.4. The lowest BCUT2D eigenvalue weighted by molar-refractivity contribution is -0.135. The van der Waals surface area contributed by atoms with E-state index in [-0.39, 0.29) is 18.6 Å². The normalized spacial score (nSPS) is 15.4. The van der Waals surface area contributed by atoms with E-state index in [0.29, 0.717) is 23.5 Å². The smallest absolute Gasteiger partial charge is 0.281 e. The summed E-state index contributed by atoms with van der Waals surface area (Å²) in [6, 6.07) is 19.6. The zero-order valence-electron chi connectivity index (χ0n) is 16.3. The van der Waals surface area contributed by atoms with Gasteiger partial charge in [-0.05, 0) is 54.1 Å². The second-order valence-electron chi connectivity index (χ2n) is 6.65. The van der Waals surface area contributed by atoms with Gasteiger partial charge in [0.15, 0.2) is 6.61 Å². The molecule has 0 saturated carbocycles. The predicted octanol–water partition coefficient (Wildman–Crippen LogP) is 3.92. The van der Waals surface area contributed by atoms with Gasteiger partial charge in [-0.1, -0.05) is 12.1 Å². The number of carbonyl (C=O) groups excluding carboxylic acids is 1. The Balaban J connectivity index is 1.56. The monoisotopic (exact) mass is 401 g/mol. The second-order valence-corrected chi connectivity index (χ2v) is 6.65. The third kappa shape index (κ3) is 3.89. The third-order valence-electron chi connectivity index (χ3n) is 4.82. The number of methoxy groups -OCH3 is 1. The molecule has 1 aliphatic rings. The molecule has 0 aliphatic carbocycles. The largest absolute Gasteiger partial charge is 0.497 e. The molecule has 1 atom stereocenters. The van der Waals surface area contributed by atoms with Crippen LogP contribution in [0.3, 0.4) is 0 Å². The fourth-order valence-corrected chi connectivity index (χ4v) is 3.29. The minimum Gasteiger partial charge on any atom is -0.497 e. The van der Waals surface area contributed by atoms with Gasteiger partial charge in [0.2, 0.25) is 0 Å². The SMILES string of the molecule is COc1ccc(C2=NN(C(=O)COc3ccccc3C#N)[C@H](c3ccco3)C2)cc1. The molecule has 4 rings (SSSR count). The Labute approximate surface area is 173 Å². The van der Waals surface area contributed by atoms with Crippen molar-refractivity contribution in [3.8, 4) is 17.6 Å². The first-order chi connectivity index (χ1) is 14.7. The Bertz CT molecular complexity index is 1100. The number of hydrogen-bond acceptors (Lipinski definition) is 6. The highest BCUT2D eigenvalue weighted by molar-refractivity contribution is 6.03. The molecule has 7 heteroatoms. The van der Waals surface area contributed by atoms with Gasteiger partial charge in [-0.15, -0.1) is 0 Å². The Kier molecular flexibility index (Phi) is 5.48. The number of carbonyl (C=O) groups is 1. The van der Waals surface area contributed by atoms with Crippen LogP contribution in [0, 0.1) is 11.3 Å². The third-order valence-corrected chi connectivity index (χ3v) is 4.82. The van der Waals surface area contributed by atoms with Crippen LogP contribution >= 0.6 is 0 Å². The van der Waals surface area contributed by atoms with Crippen LogP contribution < -0.4 is 9.47 Å². The maximum Gasteiger partial charge on any atom is 0.281 e. The van der Waals surface area contributed by atoms with Gasteiger partial charge in [0.05, 0.1) is 24.6 Å². The van der Waals surface area contributed by atoms with E-state index in [0.717, 1.165) is 17.0 Å².